The zero-order valence-electron chi connectivity index (χ0n) is 16.9. The van der Waals surface area contributed by atoms with Gasteiger partial charge in [0.1, 0.15) is 18.3 Å². The van der Waals surface area contributed by atoms with Crippen molar-refractivity contribution in [1.29, 1.82) is 0 Å². The summed E-state index contributed by atoms with van der Waals surface area (Å²) in [5.41, 5.74) is 2.47. The van der Waals surface area contributed by atoms with Crippen LogP contribution >= 0.6 is 31.6 Å². The Kier molecular flexibility index (Phi) is 8.79. The molecule has 0 aliphatic carbocycles. The second-order valence-corrected chi connectivity index (χ2v) is 10.7. The van der Waals surface area contributed by atoms with Gasteiger partial charge in [0.15, 0.2) is 12.0 Å². The van der Waals surface area contributed by atoms with Crippen LogP contribution in [0.1, 0.15) is 11.8 Å². The molecule has 0 bridgehead atoms. The number of anilines is 1. The molecule has 2 aromatic rings. The van der Waals surface area contributed by atoms with Gasteiger partial charge in [-0.05, 0) is 23.8 Å². The van der Waals surface area contributed by atoms with Crippen LogP contribution in [0.5, 0.6) is 0 Å². The molecule has 18 heteroatoms. The van der Waals surface area contributed by atoms with Crippen molar-refractivity contribution in [3.63, 3.8) is 0 Å². The lowest BCUT2D eigenvalue weighted by molar-refractivity contribution is -0.0541. The Morgan fingerprint density at radius 1 is 1.18 bits per heavy atom. The topological polar surface area (TPSA) is 219 Å². The second kappa shape index (κ2) is 11.0. The number of nitrogens with one attached hydrogen (secondary N) is 1. The lowest BCUT2D eigenvalue weighted by Crippen LogP contribution is -2.36. The van der Waals surface area contributed by atoms with Gasteiger partial charge in [0.2, 0.25) is 0 Å². The third-order valence-electron chi connectivity index (χ3n) is 4.36. The van der Waals surface area contributed by atoms with Gasteiger partial charge in [0.25, 0.3) is 0 Å². The Balaban J connectivity index is 1.60. The maximum Gasteiger partial charge on any atom is 0.481 e. The van der Waals surface area contributed by atoms with Crippen molar-refractivity contribution in [2.24, 2.45) is 0 Å². The minimum absolute atomic E-state index is 0.0555. The van der Waals surface area contributed by atoms with E-state index in [0.717, 1.165) is 14.6 Å². The van der Waals surface area contributed by atoms with E-state index in [1.807, 2.05) is 24.3 Å². The Morgan fingerprint density at radius 2 is 1.91 bits per heavy atom. The van der Waals surface area contributed by atoms with Gasteiger partial charge in [0.05, 0.1) is 13.2 Å². The van der Waals surface area contributed by atoms with E-state index in [-0.39, 0.29) is 12.4 Å². The molecular weight excluding hydrogens is 568 g/mol. The van der Waals surface area contributed by atoms with Crippen LogP contribution in [-0.4, -0.2) is 59.4 Å². The number of phosphoric ester groups is 1. The fraction of sp³-hybridized carbons (Fsp3) is 0.375. The van der Waals surface area contributed by atoms with Crippen molar-refractivity contribution >= 4 is 37.4 Å². The summed E-state index contributed by atoms with van der Waals surface area (Å²) in [5, 5.41) is 20.3. The summed E-state index contributed by atoms with van der Waals surface area (Å²) in [6.07, 6.45) is -5.03. The number of phosphoric acid groups is 2. The molecule has 15 nitrogen and oxygen atoms in total. The zero-order chi connectivity index (χ0) is 25.1. The number of aliphatic hydroxyl groups excluding tert-OH is 2. The van der Waals surface area contributed by atoms with E-state index in [0.29, 0.717) is 0 Å². The van der Waals surface area contributed by atoms with Gasteiger partial charge < -0.3 is 29.6 Å². The van der Waals surface area contributed by atoms with E-state index >= 15 is 0 Å². The molecule has 34 heavy (non-hydrogen) atoms. The smallest absolute Gasteiger partial charge is 0.387 e. The summed E-state index contributed by atoms with van der Waals surface area (Å²) in [5.74, 6) is 0.0555. The number of rotatable bonds is 10. The van der Waals surface area contributed by atoms with Crippen LogP contribution in [0.25, 0.3) is 0 Å². The number of nitrogens with zero attached hydrogens (tertiary/aromatic N) is 2. The summed E-state index contributed by atoms with van der Waals surface area (Å²) in [6.45, 7) is -0.725. The van der Waals surface area contributed by atoms with E-state index in [1.165, 1.54) is 12.3 Å². The van der Waals surface area contributed by atoms with Crippen molar-refractivity contribution in [2.75, 3.05) is 12.1 Å². The first-order valence-corrected chi connectivity index (χ1v) is 13.1. The summed E-state index contributed by atoms with van der Waals surface area (Å²) < 4.78 is 37.3. The highest BCUT2D eigenvalue weighted by Crippen LogP contribution is 2.57. The minimum atomic E-state index is -5.34. The highest BCUT2D eigenvalue weighted by molar-refractivity contribution is 9.10. The molecular formula is C16H20BrN3O12P2. The molecule has 1 aromatic carbocycles. The molecule has 1 unspecified atom stereocenters. The van der Waals surface area contributed by atoms with Crippen LogP contribution in [-0.2, 0) is 34.1 Å². The average Bonchev–Trinajstić information content (AvgIpc) is 2.99. The fourth-order valence-corrected chi connectivity index (χ4v) is 4.95. The maximum absolute atomic E-state index is 12.4. The van der Waals surface area contributed by atoms with Crippen LogP contribution in [0.2, 0.25) is 0 Å². The highest BCUT2D eigenvalue weighted by atomic mass is 79.9. The van der Waals surface area contributed by atoms with Crippen molar-refractivity contribution in [2.45, 2.75) is 31.1 Å². The van der Waals surface area contributed by atoms with Gasteiger partial charge in [-0.15, -0.1) is 0 Å². The van der Waals surface area contributed by atoms with Gasteiger partial charge in [-0.25, -0.2) is 19.4 Å². The average molecular weight is 588 g/mol. The Hall–Kier alpha value is -1.52. The molecule has 0 amide bonds. The molecule has 6 N–H and O–H groups in total. The first kappa shape index (κ1) is 27.1. The normalized spacial score (nSPS) is 24.6. The largest absolute Gasteiger partial charge is 0.481 e. The molecule has 5 atom stereocenters. The molecule has 1 fully saturated rings. The van der Waals surface area contributed by atoms with Gasteiger partial charge in [0, 0.05) is 10.7 Å². The molecule has 1 saturated heterocycles. The molecule has 188 valence electrons. The molecule has 2 heterocycles. The van der Waals surface area contributed by atoms with Gasteiger partial charge in [-0.3, -0.25) is 13.9 Å². The zero-order valence-corrected chi connectivity index (χ0v) is 20.3. The number of hydrogen-bond donors (Lipinski definition) is 6. The van der Waals surface area contributed by atoms with Crippen LogP contribution in [0.4, 0.5) is 5.82 Å². The molecule has 0 spiro atoms. The first-order valence-electron chi connectivity index (χ1n) is 9.32. The van der Waals surface area contributed by atoms with Gasteiger partial charge >= 0.3 is 21.3 Å². The Bertz CT molecular complexity index is 1160. The third kappa shape index (κ3) is 7.49. The Morgan fingerprint density at radius 3 is 2.56 bits per heavy atom. The molecule has 3 rings (SSSR count). The third-order valence-corrected chi connectivity index (χ3v) is 7.00. The number of ether oxygens (including phenoxy) is 1. The van der Waals surface area contributed by atoms with E-state index < -0.39 is 52.5 Å². The number of benzene rings is 1. The molecule has 0 radical (unpaired) electrons. The predicted octanol–water partition coefficient (Wildman–Crippen LogP) is 0.395. The summed E-state index contributed by atoms with van der Waals surface area (Å²) in [4.78, 5) is 47.9. The van der Waals surface area contributed by atoms with Crippen molar-refractivity contribution in [1.82, 2.24) is 9.55 Å². The van der Waals surface area contributed by atoms with Crippen molar-refractivity contribution < 1.29 is 52.4 Å². The predicted molar refractivity (Wildman–Crippen MR) is 116 cm³/mol. The summed E-state index contributed by atoms with van der Waals surface area (Å²) in [7, 11) is -10.5. The SMILES string of the molecule is O=c1nc(NOCc2cccc(Br)c2)ccn1[C@@H]1O[C@H](COP(=O)(O)OP(=O)(O)O)[C@@H](O)[C@H]1O. The number of hydrogen-bond acceptors (Lipinski definition) is 11. The highest BCUT2D eigenvalue weighted by Gasteiger charge is 2.45. The number of aromatic nitrogens is 2. The Labute approximate surface area is 199 Å². The van der Waals surface area contributed by atoms with Gasteiger partial charge in [-0.2, -0.15) is 9.29 Å². The van der Waals surface area contributed by atoms with E-state index in [2.05, 4.69) is 35.2 Å². The molecule has 1 aromatic heterocycles. The van der Waals surface area contributed by atoms with Crippen LogP contribution < -0.4 is 11.2 Å². The van der Waals surface area contributed by atoms with E-state index in [1.54, 1.807) is 0 Å². The van der Waals surface area contributed by atoms with E-state index in [4.69, 9.17) is 19.4 Å². The molecule has 0 saturated carbocycles. The van der Waals surface area contributed by atoms with Crippen LogP contribution in [0.3, 0.4) is 0 Å². The van der Waals surface area contributed by atoms with Gasteiger partial charge in [-0.1, -0.05) is 28.1 Å². The monoisotopic (exact) mass is 587 g/mol. The molecule has 1 aliphatic heterocycles. The first-order chi connectivity index (χ1) is 15.8. The van der Waals surface area contributed by atoms with Crippen LogP contribution in [0.15, 0.2) is 45.8 Å². The minimum Gasteiger partial charge on any atom is -0.387 e. The quantitative estimate of drug-likeness (QED) is 0.164. The number of aliphatic hydroxyl groups is 2. The molecule has 1 aliphatic rings. The number of halogens is 1. The lowest BCUT2D eigenvalue weighted by Gasteiger charge is -2.18. The maximum atomic E-state index is 12.4. The lowest BCUT2D eigenvalue weighted by atomic mass is 10.1. The summed E-state index contributed by atoms with van der Waals surface area (Å²) in [6, 6.07) is 8.68. The standard InChI is InChI=1S/C16H20BrN3O12P2/c17-10-3-1-2-9(6-10)7-29-19-12-4-5-20(16(23)18-12)15-14(22)13(21)11(31-15)8-30-34(27,28)32-33(24,25)26/h1-6,11,13-15,21-22H,7-8H2,(H,27,28)(H,18,19,23)(H2,24,25,26)/t11-,13-,14-,15-/m1/s1. The second-order valence-electron chi connectivity index (χ2n) is 6.91. The van der Waals surface area contributed by atoms with Crippen molar-refractivity contribution in [3.8, 4) is 0 Å². The summed E-state index contributed by atoms with van der Waals surface area (Å²) >= 11 is 3.34. The fourth-order valence-electron chi connectivity index (χ4n) is 2.91. The van der Waals surface area contributed by atoms with Crippen LogP contribution in [0, 0.1) is 0 Å². The van der Waals surface area contributed by atoms with Crippen molar-refractivity contribution in [3.05, 3.63) is 57.0 Å². The van der Waals surface area contributed by atoms with E-state index in [9.17, 15) is 29.0 Å².